The van der Waals surface area contributed by atoms with E-state index in [-0.39, 0.29) is 11.9 Å². The van der Waals surface area contributed by atoms with E-state index >= 15 is 0 Å². The maximum atomic E-state index is 12.8. The fraction of sp³-hybridized carbons (Fsp3) is 0.174. The normalized spacial score (nSPS) is 12.7. The van der Waals surface area contributed by atoms with Gasteiger partial charge in [0.1, 0.15) is 5.03 Å². The number of aromatic nitrogens is 1. The monoisotopic (exact) mass is 418 g/mol. The number of benzene rings is 2. The van der Waals surface area contributed by atoms with Crippen LogP contribution < -0.4 is 15.5 Å². The van der Waals surface area contributed by atoms with Gasteiger partial charge in [-0.1, -0.05) is 36.4 Å². The van der Waals surface area contributed by atoms with Crippen LogP contribution in [0.5, 0.6) is 0 Å². The molecule has 7 heteroatoms. The fourth-order valence-electron chi connectivity index (χ4n) is 3.26. The summed E-state index contributed by atoms with van der Waals surface area (Å²) in [6.07, 6.45) is 2.50. The molecule has 3 amide bonds. The molecule has 1 aliphatic rings. The van der Waals surface area contributed by atoms with Crippen molar-refractivity contribution < 1.29 is 9.59 Å². The largest absolute Gasteiger partial charge is 0.352 e. The lowest BCUT2D eigenvalue weighted by molar-refractivity contribution is 0.0954. The molecule has 1 aromatic heterocycles. The second-order valence-corrected chi connectivity index (χ2v) is 7.91. The first kappa shape index (κ1) is 20.0. The first-order valence-corrected chi connectivity index (χ1v) is 10.8. The zero-order valence-corrected chi connectivity index (χ0v) is 17.2. The van der Waals surface area contributed by atoms with E-state index in [1.54, 1.807) is 47.1 Å². The molecule has 0 unspecified atom stereocenters. The summed E-state index contributed by atoms with van der Waals surface area (Å²) in [6.45, 7) is 1.16. The van der Waals surface area contributed by atoms with Crippen molar-refractivity contribution in [2.75, 3.05) is 29.1 Å². The second-order valence-electron chi connectivity index (χ2n) is 6.83. The number of urea groups is 1. The molecule has 2 heterocycles. The highest BCUT2D eigenvalue weighted by molar-refractivity contribution is 7.99. The smallest absolute Gasteiger partial charge is 0.326 e. The number of hydrogen-bond donors (Lipinski definition) is 2. The van der Waals surface area contributed by atoms with E-state index in [9.17, 15) is 9.59 Å². The van der Waals surface area contributed by atoms with Crippen LogP contribution in [0.1, 0.15) is 15.9 Å². The third kappa shape index (κ3) is 4.80. The van der Waals surface area contributed by atoms with E-state index in [0.29, 0.717) is 24.3 Å². The van der Waals surface area contributed by atoms with E-state index in [4.69, 9.17) is 0 Å². The fourth-order valence-corrected chi connectivity index (χ4v) is 4.19. The molecule has 2 aromatic carbocycles. The Bertz CT molecular complexity index is 1040. The van der Waals surface area contributed by atoms with Gasteiger partial charge in [-0.05, 0) is 42.3 Å². The second kappa shape index (κ2) is 9.45. The lowest BCUT2D eigenvalue weighted by atomic mass is 10.1. The van der Waals surface area contributed by atoms with Crippen LogP contribution in [0.2, 0.25) is 0 Å². The summed E-state index contributed by atoms with van der Waals surface area (Å²) in [5.74, 6) is 0.632. The topological polar surface area (TPSA) is 74.3 Å². The molecule has 2 N–H and O–H groups in total. The summed E-state index contributed by atoms with van der Waals surface area (Å²) in [6, 6.07) is 20.5. The Morgan fingerprint density at radius 2 is 1.90 bits per heavy atom. The van der Waals surface area contributed by atoms with Gasteiger partial charge in [-0.25, -0.2) is 9.78 Å². The summed E-state index contributed by atoms with van der Waals surface area (Å²) >= 11 is 1.64. The number of carbonyl (C=O) groups excluding carboxylic acids is 2. The molecule has 4 rings (SSSR count). The molecule has 0 aliphatic carbocycles. The summed E-state index contributed by atoms with van der Waals surface area (Å²) in [7, 11) is 0. The van der Waals surface area contributed by atoms with Crippen LogP contribution in [-0.2, 0) is 6.42 Å². The molecule has 0 atom stereocenters. The van der Waals surface area contributed by atoms with Crippen LogP contribution in [0.3, 0.4) is 0 Å². The Kier molecular flexibility index (Phi) is 6.29. The van der Waals surface area contributed by atoms with Gasteiger partial charge in [0.25, 0.3) is 5.91 Å². The number of amides is 3. The molecular formula is C23H22N4O2S. The summed E-state index contributed by atoms with van der Waals surface area (Å²) < 4.78 is 0. The summed E-state index contributed by atoms with van der Waals surface area (Å²) in [5.41, 5.74) is 3.07. The number of nitrogens with one attached hydrogen (secondary N) is 2. The molecule has 152 valence electrons. The van der Waals surface area contributed by atoms with Crippen LogP contribution in [0.25, 0.3) is 0 Å². The lowest BCUT2D eigenvalue weighted by Gasteiger charge is -2.28. The van der Waals surface area contributed by atoms with Crippen LogP contribution in [0, 0.1) is 0 Å². The van der Waals surface area contributed by atoms with E-state index in [1.165, 1.54) is 5.56 Å². The van der Waals surface area contributed by atoms with E-state index in [0.717, 1.165) is 22.9 Å². The molecule has 0 radical (unpaired) electrons. The third-order valence-electron chi connectivity index (χ3n) is 4.76. The van der Waals surface area contributed by atoms with Gasteiger partial charge in [-0.3, -0.25) is 9.69 Å². The molecule has 30 heavy (non-hydrogen) atoms. The minimum Gasteiger partial charge on any atom is -0.352 e. The van der Waals surface area contributed by atoms with Crippen molar-refractivity contribution in [2.24, 2.45) is 0 Å². The van der Waals surface area contributed by atoms with Crippen LogP contribution in [0.4, 0.5) is 16.2 Å². The van der Waals surface area contributed by atoms with Crippen molar-refractivity contribution in [1.29, 1.82) is 0 Å². The molecule has 1 aliphatic heterocycles. The van der Waals surface area contributed by atoms with Crippen molar-refractivity contribution in [1.82, 2.24) is 10.3 Å². The Morgan fingerprint density at radius 3 is 2.77 bits per heavy atom. The van der Waals surface area contributed by atoms with Gasteiger partial charge < -0.3 is 10.6 Å². The Balaban J connectivity index is 1.37. The van der Waals surface area contributed by atoms with Gasteiger partial charge >= 0.3 is 6.03 Å². The predicted octanol–water partition coefficient (Wildman–Crippen LogP) is 4.20. The van der Waals surface area contributed by atoms with E-state index in [2.05, 4.69) is 15.6 Å². The highest BCUT2D eigenvalue weighted by Crippen LogP contribution is 2.32. The van der Waals surface area contributed by atoms with Crippen LogP contribution in [0.15, 0.2) is 78.0 Å². The van der Waals surface area contributed by atoms with Gasteiger partial charge in [0.05, 0.1) is 5.69 Å². The molecule has 0 saturated carbocycles. The molecule has 0 spiro atoms. The Morgan fingerprint density at radius 1 is 1.03 bits per heavy atom. The predicted molar refractivity (Wildman–Crippen MR) is 120 cm³/mol. The molecule has 6 nitrogen and oxygen atoms in total. The van der Waals surface area contributed by atoms with Crippen molar-refractivity contribution in [2.45, 2.75) is 11.4 Å². The van der Waals surface area contributed by atoms with Crippen molar-refractivity contribution >= 4 is 35.1 Å². The minimum absolute atomic E-state index is 0.161. The van der Waals surface area contributed by atoms with Gasteiger partial charge in [-0.15, -0.1) is 11.8 Å². The number of carbonyl (C=O) groups is 2. The highest BCUT2D eigenvalue weighted by atomic mass is 32.2. The zero-order valence-electron chi connectivity index (χ0n) is 16.4. The molecule has 3 aromatic rings. The van der Waals surface area contributed by atoms with Gasteiger partial charge in [0.2, 0.25) is 0 Å². The number of pyridine rings is 1. The number of anilines is 2. The van der Waals surface area contributed by atoms with Crippen molar-refractivity contribution in [3.63, 3.8) is 0 Å². The number of fused-ring (bicyclic) bond motifs is 1. The number of thioether (sulfide) groups is 1. The maximum absolute atomic E-state index is 12.8. The van der Waals surface area contributed by atoms with Crippen LogP contribution >= 0.6 is 11.8 Å². The Labute approximate surface area is 179 Å². The number of rotatable bonds is 5. The molecule has 0 fully saturated rings. The number of nitrogens with zero attached hydrogens (tertiary/aromatic N) is 2. The average Bonchev–Trinajstić information content (AvgIpc) is 2.79. The quantitative estimate of drug-likeness (QED) is 0.651. The van der Waals surface area contributed by atoms with Gasteiger partial charge in [0.15, 0.2) is 0 Å². The SMILES string of the molecule is O=C(NCCc1ccccc1)c1cccc(NC(=O)N2CCSc3ncccc32)c1. The number of hydrogen-bond acceptors (Lipinski definition) is 4. The third-order valence-corrected chi connectivity index (χ3v) is 5.73. The summed E-state index contributed by atoms with van der Waals surface area (Å²) in [5, 5.41) is 6.68. The molecule has 0 bridgehead atoms. The lowest BCUT2D eigenvalue weighted by Crippen LogP contribution is -2.39. The molecular weight excluding hydrogens is 396 g/mol. The summed E-state index contributed by atoms with van der Waals surface area (Å²) in [4.78, 5) is 31.3. The maximum Gasteiger partial charge on any atom is 0.326 e. The van der Waals surface area contributed by atoms with E-state index < -0.39 is 0 Å². The van der Waals surface area contributed by atoms with Crippen molar-refractivity contribution in [3.8, 4) is 0 Å². The van der Waals surface area contributed by atoms with Gasteiger partial charge in [0, 0.05) is 36.3 Å². The highest BCUT2D eigenvalue weighted by Gasteiger charge is 2.23. The zero-order chi connectivity index (χ0) is 20.8. The van der Waals surface area contributed by atoms with Crippen LogP contribution in [-0.4, -0.2) is 35.8 Å². The Hall–Kier alpha value is -3.32. The van der Waals surface area contributed by atoms with E-state index in [1.807, 2.05) is 42.5 Å². The minimum atomic E-state index is -0.230. The van der Waals surface area contributed by atoms with Gasteiger partial charge in [-0.2, -0.15) is 0 Å². The first-order valence-electron chi connectivity index (χ1n) is 9.79. The first-order chi connectivity index (χ1) is 14.7. The molecule has 0 saturated heterocycles. The average molecular weight is 419 g/mol. The standard InChI is InChI=1S/C23H22N4O2S/c28-21(24-13-11-17-6-2-1-3-7-17)18-8-4-9-19(16-18)26-23(29)27-14-15-30-22-20(27)10-5-12-25-22/h1-10,12,16H,11,13-15H2,(H,24,28)(H,26,29). The van der Waals surface area contributed by atoms with Crippen molar-refractivity contribution in [3.05, 3.63) is 84.1 Å².